The number of hydrogen-bond acceptors (Lipinski definition) is 9. The lowest BCUT2D eigenvalue weighted by Gasteiger charge is -2.17. The van der Waals surface area contributed by atoms with Crippen molar-refractivity contribution in [2.75, 3.05) is 11.1 Å². The molecule has 0 saturated carbocycles. The van der Waals surface area contributed by atoms with Gasteiger partial charge in [-0.25, -0.2) is 23.4 Å². The van der Waals surface area contributed by atoms with Crippen LogP contribution < -0.4 is 27.2 Å². The average molecular weight is 648 g/mol. The van der Waals surface area contributed by atoms with E-state index in [0.717, 1.165) is 12.1 Å². The number of carboxylic acid groups (broad SMARTS) is 1. The van der Waals surface area contributed by atoms with E-state index in [0.29, 0.717) is 5.56 Å². The minimum absolute atomic E-state index is 0.00818. The van der Waals surface area contributed by atoms with E-state index < -0.39 is 53.9 Å². The molecule has 4 aromatic rings. The third-order valence-corrected chi connectivity index (χ3v) is 6.65. The topological polar surface area (TPSA) is 202 Å². The molecule has 0 aliphatic rings. The number of benzene rings is 3. The van der Waals surface area contributed by atoms with Crippen molar-refractivity contribution in [2.24, 2.45) is 0 Å². The first-order chi connectivity index (χ1) is 22.3. The molecule has 47 heavy (non-hydrogen) atoms. The van der Waals surface area contributed by atoms with Crippen molar-refractivity contribution in [3.05, 3.63) is 111 Å². The molecule has 0 atom stereocenters. The van der Waals surface area contributed by atoms with Crippen molar-refractivity contribution in [1.29, 1.82) is 5.41 Å². The fourth-order valence-electron chi connectivity index (χ4n) is 4.38. The predicted octanol–water partition coefficient (Wildman–Crippen LogP) is 3.86. The van der Waals surface area contributed by atoms with E-state index in [9.17, 15) is 33.1 Å². The maximum absolute atomic E-state index is 13.7. The van der Waals surface area contributed by atoms with Crippen LogP contribution in [0.25, 0.3) is 11.3 Å². The molecule has 0 fully saturated rings. The van der Waals surface area contributed by atoms with Crippen LogP contribution in [0.1, 0.15) is 40.9 Å². The Morgan fingerprint density at radius 1 is 1.04 bits per heavy atom. The minimum Gasteiger partial charge on any atom is -0.478 e. The zero-order valence-electron chi connectivity index (χ0n) is 25.3. The number of amides is 2. The van der Waals surface area contributed by atoms with Crippen LogP contribution >= 0.6 is 0 Å². The number of anilines is 2. The van der Waals surface area contributed by atoms with E-state index in [1.807, 2.05) is 13.8 Å². The summed E-state index contributed by atoms with van der Waals surface area (Å²) in [5, 5.41) is 25.4. The van der Waals surface area contributed by atoms with E-state index in [-0.39, 0.29) is 52.3 Å². The van der Waals surface area contributed by atoms with Gasteiger partial charge >= 0.3 is 12.1 Å². The highest BCUT2D eigenvalue weighted by Crippen LogP contribution is 2.23. The number of hydrogen-bond donors (Lipinski definition) is 6. The fraction of sp³-hybridized carbons (Fsp3) is 0.188. The van der Waals surface area contributed by atoms with E-state index in [4.69, 9.17) is 15.9 Å². The standard InChI is InChI=1S/C32H31F2N7O6/c1-17(2)39-29-30(43)41(26(14-38-29)20-10-21(31(44)45)12-22(35)11-20)15-27(42)37-13-18-6-8-19(9-7-18)28(36)40-32(46)47-16-23-24(33)4-3-5-25(23)34/h3-12,14,17H,13,15-16,35H2,1-2H3,(H,37,42)(H,38,39)(H,44,45)(H2,36,40,46). The summed E-state index contributed by atoms with van der Waals surface area (Å²) in [7, 11) is 0. The normalized spacial score (nSPS) is 10.7. The van der Waals surface area contributed by atoms with Gasteiger partial charge < -0.3 is 26.2 Å². The zero-order chi connectivity index (χ0) is 34.2. The zero-order valence-corrected chi connectivity index (χ0v) is 25.3. The molecule has 0 aliphatic heterocycles. The highest BCUT2D eigenvalue weighted by Gasteiger charge is 2.18. The van der Waals surface area contributed by atoms with E-state index in [1.54, 1.807) is 12.1 Å². The molecule has 0 aliphatic carbocycles. The number of carbonyl (C=O) groups excluding carboxylic acids is 2. The Kier molecular flexibility index (Phi) is 10.6. The second kappa shape index (κ2) is 14.8. The van der Waals surface area contributed by atoms with Crippen LogP contribution in [0.3, 0.4) is 0 Å². The number of nitrogens with one attached hydrogen (secondary N) is 4. The Hall–Kier alpha value is -6.12. The summed E-state index contributed by atoms with van der Waals surface area (Å²) in [6, 6.07) is 13.4. The van der Waals surface area contributed by atoms with Gasteiger partial charge in [0.05, 0.1) is 23.0 Å². The van der Waals surface area contributed by atoms with Gasteiger partial charge in [0.25, 0.3) is 5.56 Å². The fourth-order valence-corrected chi connectivity index (χ4v) is 4.38. The van der Waals surface area contributed by atoms with E-state index >= 15 is 0 Å². The van der Waals surface area contributed by atoms with Gasteiger partial charge in [-0.15, -0.1) is 0 Å². The molecule has 0 spiro atoms. The van der Waals surface area contributed by atoms with E-state index in [1.165, 1.54) is 47.2 Å². The van der Waals surface area contributed by atoms with Crippen molar-refractivity contribution in [1.82, 2.24) is 20.2 Å². The van der Waals surface area contributed by atoms with Crippen molar-refractivity contribution < 1.29 is 33.0 Å². The largest absolute Gasteiger partial charge is 0.478 e. The third kappa shape index (κ3) is 8.75. The number of nitrogen functional groups attached to an aromatic ring is 1. The summed E-state index contributed by atoms with van der Waals surface area (Å²) in [5.74, 6) is -3.81. The summed E-state index contributed by atoms with van der Waals surface area (Å²) in [4.78, 5) is 54.2. The number of alkyl carbamates (subject to hydrolysis) is 1. The number of carboxylic acids is 1. The number of carbonyl (C=O) groups is 3. The summed E-state index contributed by atoms with van der Waals surface area (Å²) in [6.45, 7) is 2.58. The van der Waals surface area contributed by atoms with Gasteiger partial charge in [-0.3, -0.25) is 24.9 Å². The van der Waals surface area contributed by atoms with E-state index in [2.05, 4.69) is 20.9 Å². The molecule has 4 rings (SSSR count). The molecule has 0 unspecified atom stereocenters. The van der Waals surface area contributed by atoms with Crippen molar-refractivity contribution >= 4 is 35.3 Å². The van der Waals surface area contributed by atoms with Gasteiger partial charge in [0.1, 0.15) is 30.6 Å². The highest BCUT2D eigenvalue weighted by molar-refractivity contribution is 6.04. The minimum atomic E-state index is -1.22. The molecule has 3 aromatic carbocycles. The monoisotopic (exact) mass is 647 g/mol. The van der Waals surface area contributed by atoms with Gasteiger partial charge in [0.15, 0.2) is 5.82 Å². The molecule has 0 bridgehead atoms. The Balaban J connectivity index is 1.41. The van der Waals surface area contributed by atoms with Crippen LogP contribution in [0.5, 0.6) is 0 Å². The van der Waals surface area contributed by atoms with Gasteiger partial charge in [-0.05, 0) is 49.7 Å². The highest BCUT2D eigenvalue weighted by atomic mass is 19.1. The molecule has 0 radical (unpaired) electrons. The van der Waals surface area contributed by atoms with Crippen molar-refractivity contribution in [2.45, 2.75) is 39.6 Å². The van der Waals surface area contributed by atoms with Gasteiger partial charge in [0.2, 0.25) is 5.91 Å². The van der Waals surface area contributed by atoms with Crippen molar-refractivity contribution in [3.63, 3.8) is 0 Å². The lowest BCUT2D eigenvalue weighted by Crippen LogP contribution is -2.35. The van der Waals surface area contributed by atoms with Crippen LogP contribution in [-0.4, -0.2) is 44.5 Å². The van der Waals surface area contributed by atoms with Gasteiger partial charge in [-0.2, -0.15) is 0 Å². The molecule has 1 aromatic heterocycles. The average Bonchev–Trinajstić information content (AvgIpc) is 3.01. The Morgan fingerprint density at radius 3 is 2.36 bits per heavy atom. The molecule has 244 valence electrons. The Labute approximate surface area is 266 Å². The lowest BCUT2D eigenvalue weighted by atomic mass is 10.1. The number of nitrogens with two attached hydrogens (primary N) is 1. The SMILES string of the molecule is CC(C)Nc1ncc(-c2cc(N)cc(C(=O)O)c2)n(CC(=O)NCc2ccc(C(=N)NC(=O)OCc3c(F)cccc3F)cc2)c1=O. The molecule has 2 amide bonds. The first kappa shape index (κ1) is 33.8. The summed E-state index contributed by atoms with van der Waals surface area (Å²) in [5.41, 5.74) is 6.30. The number of aromatic nitrogens is 2. The second-order valence-corrected chi connectivity index (χ2v) is 10.6. The number of amidine groups is 1. The smallest absolute Gasteiger partial charge is 0.413 e. The Bertz CT molecular complexity index is 1870. The van der Waals surface area contributed by atoms with Gasteiger partial charge in [-0.1, -0.05) is 30.3 Å². The van der Waals surface area contributed by atoms with Crippen LogP contribution in [-0.2, 0) is 29.2 Å². The number of aromatic carboxylic acids is 1. The quantitative estimate of drug-likeness (QED) is 0.0794. The van der Waals surface area contributed by atoms with Crippen LogP contribution in [0.15, 0.2) is 71.7 Å². The Morgan fingerprint density at radius 2 is 1.72 bits per heavy atom. The van der Waals surface area contributed by atoms with Crippen molar-refractivity contribution in [3.8, 4) is 11.3 Å². The first-order valence-corrected chi connectivity index (χ1v) is 14.1. The van der Waals surface area contributed by atoms with Crippen LogP contribution in [0.4, 0.5) is 25.1 Å². The second-order valence-electron chi connectivity index (χ2n) is 10.6. The summed E-state index contributed by atoms with van der Waals surface area (Å²) < 4.78 is 33.5. The van der Waals surface area contributed by atoms with Crippen LogP contribution in [0.2, 0.25) is 0 Å². The lowest BCUT2D eigenvalue weighted by molar-refractivity contribution is -0.121. The molecular formula is C32H31F2N7O6. The number of nitrogens with zero attached hydrogens (tertiary/aromatic N) is 2. The molecule has 1 heterocycles. The maximum atomic E-state index is 13.7. The number of ether oxygens (including phenoxy) is 1. The first-order valence-electron chi connectivity index (χ1n) is 14.1. The maximum Gasteiger partial charge on any atom is 0.413 e. The van der Waals surface area contributed by atoms with Crippen LogP contribution in [0, 0.1) is 17.0 Å². The molecule has 7 N–H and O–H groups in total. The molecule has 0 saturated heterocycles. The summed E-state index contributed by atoms with van der Waals surface area (Å²) >= 11 is 0. The van der Waals surface area contributed by atoms with Gasteiger partial charge in [0, 0.05) is 29.4 Å². The third-order valence-electron chi connectivity index (χ3n) is 6.65. The molecule has 15 heteroatoms. The predicted molar refractivity (Wildman–Crippen MR) is 169 cm³/mol. The number of halogens is 2. The summed E-state index contributed by atoms with van der Waals surface area (Å²) in [6.07, 6.45) is 0.277. The number of rotatable bonds is 11. The molecule has 13 nitrogen and oxygen atoms in total. The molecular weight excluding hydrogens is 616 g/mol.